The number of fused-ring (bicyclic) bond motifs is 1. The molecule has 3 aromatic carbocycles. The number of nitrogens with two attached hydrogens (primary N) is 1. The van der Waals surface area contributed by atoms with Crippen molar-refractivity contribution in [2.45, 2.75) is 31.8 Å². The van der Waals surface area contributed by atoms with Gasteiger partial charge in [0.05, 0.1) is 0 Å². The monoisotopic (exact) mass is 444 g/mol. The van der Waals surface area contributed by atoms with E-state index in [1.807, 2.05) is 77.7 Å². The fourth-order valence-corrected chi connectivity index (χ4v) is 4.78. The van der Waals surface area contributed by atoms with Crippen LogP contribution in [0.1, 0.15) is 24.5 Å². The lowest BCUT2D eigenvalue weighted by molar-refractivity contribution is -0.139. The van der Waals surface area contributed by atoms with Gasteiger partial charge in [0.1, 0.15) is 5.75 Å². The number of carbonyl (C=O) groups is 2. The van der Waals surface area contributed by atoms with Crippen LogP contribution in [0.4, 0.5) is 11.4 Å². The lowest BCUT2D eigenvalue weighted by Gasteiger charge is -2.47. The van der Waals surface area contributed by atoms with E-state index in [0.29, 0.717) is 25.0 Å². The van der Waals surface area contributed by atoms with Crippen LogP contribution < -0.4 is 15.4 Å². The second kappa shape index (κ2) is 9.46. The van der Waals surface area contributed by atoms with E-state index in [4.69, 9.17) is 15.6 Å². The lowest BCUT2D eigenvalue weighted by atomic mass is 9.74. The van der Waals surface area contributed by atoms with Crippen LogP contribution in [0, 0.1) is 5.92 Å². The molecule has 1 aliphatic rings. The zero-order valence-corrected chi connectivity index (χ0v) is 18.6. The van der Waals surface area contributed by atoms with Gasteiger partial charge in [0.2, 0.25) is 0 Å². The second-order valence-corrected chi connectivity index (χ2v) is 8.40. The molecule has 0 bridgehead atoms. The molecule has 0 radical (unpaired) electrons. The largest absolute Gasteiger partial charge is 0.482 e. The maximum Gasteiger partial charge on any atom is 0.341 e. The zero-order chi connectivity index (χ0) is 23.4. The van der Waals surface area contributed by atoms with Crippen LogP contribution in [0.25, 0.3) is 0 Å². The number of hydrogen-bond acceptors (Lipinski definition) is 5. The van der Waals surface area contributed by atoms with E-state index in [1.165, 1.54) is 0 Å². The summed E-state index contributed by atoms with van der Waals surface area (Å²) in [6, 6.07) is 25.1. The second-order valence-electron chi connectivity index (χ2n) is 8.40. The van der Waals surface area contributed by atoms with Gasteiger partial charge >= 0.3 is 5.97 Å². The summed E-state index contributed by atoms with van der Waals surface area (Å²) >= 11 is 0. The molecule has 1 aliphatic carbocycles. The third kappa shape index (κ3) is 4.47. The summed E-state index contributed by atoms with van der Waals surface area (Å²) in [6.07, 6.45) is 1.91. The summed E-state index contributed by atoms with van der Waals surface area (Å²) in [4.78, 5) is 26.2. The third-order valence-electron chi connectivity index (χ3n) is 6.38. The van der Waals surface area contributed by atoms with E-state index in [9.17, 15) is 9.59 Å². The molecule has 0 aromatic heterocycles. The molecule has 2 unspecified atom stereocenters. The fraction of sp³-hybridized carbons (Fsp3) is 0.259. The number of ketones is 1. The van der Waals surface area contributed by atoms with Crippen LogP contribution >= 0.6 is 0 Å². The van der Waals surface area contributed by atoms with Gasteiger partial charge in [-0.25, -0.2) is 4.79 Å². The SMILES string of the molecule is CC(=O)C(N)(C1CCc2c(cccc2OCC(=O)O)C1)N(c1ccccc1)c1ccccc1. The van der Waals surface area contributed by atoms with E-state index < -0.39 is 11.6 Å². The number of anilines is 2. The number of ether oxygens (including phenoxy) is 1. The van der Waals surface area contributed by atoms with Crippen molar-refractivity contribution in [3.05, 3.63) is 90.0 Å². The maximum atomic E-state index is 13.3. The molecule has 0 amide bonds. The molecule has 0 saturated carbocycles. The quantitative estimate of drug-likeness (QED) is 0.502. The maximum absolute atomic E-state index is 13.3. The van der Waals surface area contributed by atoms with Gasteiger partial charge in [-0.3, -0.25) is 4.79 Å². The Morgan fingerprint density at radius 2 is 1.61 bits per heavy atom. The standard InChI is InChI=1S/C27H28N2O4/c1-19(30)27(28,29(22-10-4-2-5-11-22)23-12-6-3-7-13-23)21-15-16-24-20(17-21)9-8-14-25(24)33-18-26(31)32/h2-14,21H,15-18,28H2,1H3,(H,31,32). The van der Waals surface area contributed by atoms with Crippen LogP contribution in [0.15, 0.2) is 78.9 Å². The van der Waals surface area contributed by atoms with Crippen LogP contribution in [-0.4, -0.2) is 29.1 Å². The molecule has 0 saturated heterocycles. The van der Waals surface area contributed by atoms with Crippen molar-refractivity contribution in [1.82, 2.24) is 0 Å². The normalized spacial score (nSPS) is 16.8. The first-order chi connectivity index (χ1) is 15.9. The average Bonchev–Trinajstić information content (AvgIpc) is 2.83. The first-order valence-electron chi connectivity index (χ1n) is 11.1. The highest BCUT2D eigenvalue weighted by atomic mass is 16.5. The smallest absolute Gasteiger partial charge is 0.341 e. The Labute approximate surface area is 193 Å². The summed E-state index contributed by atoms with van der Waals surface area (Å²) in [5, 5.41) is 8.98. The number of hydrogen-bond donors (Lipinski definition) is 2. The number of Topliss-reactive ketones (excluding diaryl/α,β-unsaturated/α-hetero) is 1. The minimum Gasteiger partial charge on any atom is -0.482 e. The number of carboxylic acid groups (broad SMARTS) is 1. The number of carboxylic acids is 1. The topological polar surface area (TPSA) is 92.9 Å². The van der Waals surface area contributed by atoms with Crippen molar-refractivity contribution in [1.29, 1.82) is 0 Å². The van der Waals surface area contributed by atoms with Crippen LogP contribution in [0.3, 0.4) is 0 Å². The molecule has 2 atom stereocenters. The number of para-hydroxylation sites is 2. The van der Waals surface area contributed by atoms with Gasteiger partial charge in [-0.2, -0.15) is 0 Å². The molecule has 6 nitrogen and oxygen atoms in total. The van der Waals surface area contributed by atoms with Gasteiger partial charge < -0.3 is 20.5 Å². The van der Waals surface area contributed by atoms with Gasteiger partial charge in [0, 0.05) is 17.3 Å². The van der Waals surface area contributed by atoms with E-state index >= 15 is 0 Å². The molecule has 0 fully saturated rings. The Kier molecular flexibility index (Phi) is 6.47. The van der Waals surface area contributed by atoms with Gasteiger partial charge in [0.15, 0.2) is 18.1 Å². The van der Waals surface area contributed by atoms with Crippen LogP contribution in [0.2, 0.25) is 0 Å². The summed E-state index contributed by atoms with van der Waals surface area (Å²) in [6.45, 7) is 1.17. The van der Waals surface area contributed by atoms with Crippen molar-refractivity contribution in [3.63, 3.8) is 0 Å². The van der Waals surface area contributed by atoms with E-state index in [0.717, 1.165) is 22.5 Å². The van der Waals surface area contributed by atoms with Gasteiger partial charge in [-0.1, -0.05) is 48.5 Å². The summed E-state index contributed by atoms with van der Waals surface area (Å²) in [5.41, 5.74) is 9.55. The van der Waals surface area contributed by atoms with E-state index in [1.54, 1.807) is 13.0 Å². The average molecular weight is 445 g/mol. The fourth-order valence-electron chi connectivity index (χ4n) is 4.78. The molecule has 4 rings (SSSR count). The highest BCUT2D eigenvalue weighted by Gasteiger charge is 2.47. The molecule has 33 heavy (non-hydrogen) atoms. The first kappa shape index (κ1) is 22.6. The van der Waals surface area contributed by atoms with E-state index in [2.05, 4.69) is 0 Å². The Hall–Kier alpha value is -3.64. The van der Waals surface area contributed by atoms with Crippen LogP contribution in [-0.2, 0) is 22.4 Å². The molecule has 6 heteroatoms. The number of nitrogens with zero attached hydrogens (tertiary/aromatic N) is 1. The van der Waals surface area contributed by atoms with E-state index in [-0.39, 0.29) is 18.3 Å². The number of carbonyl (C=O) groups excluding carboxylic acids is 1. The van der Waals surface area contributed by atoms with Gasteiger partial charge in [0.25, 0.3) is 0 Å². The Balaban J connectivity index is 1.74. The summed E-state index contributed by atoms with van der Waals surface area (Å²) in [7, 11) is 0. The van der Waals surface area contributed by atoms with Crippen molar-refractivity contribution in [2.24, 2.45) is 11.7 Å². The summed E-state index contributed by atoms with van der Waals surface area (Å²) < 4.78 is 5.51. The molecule has 0 heterocycles. The van der Waals surface area contributed by atoms with Gasteiger partial charge in [-0.15, -0.1) is 0 Å². The van der Waals surface area contributed by atoms with Gasteiger partial charge in [-0.05, 0) is 67.6 Å². The third-order valence-corrected chi connectivity index (χ3v) is 6.38. The molecular formula is C27H28N2O4. The molecular weight excluding hydrogens is 416 g/mol. The first-order valence-corrected chi connectivity index (χ1v) is 11.1. The molecule has 3 aromatic rings. The van der Waals surface area contributed by atoms with Crippen molar-refractivity contribution in [3.8, 4) is 5.75 Å². The lowest BCUT2D eigenvalue weighted by Crippen LogP contribution is -2.65. The number of benzene rings is 3. The Morgan fingerprint density at radius 3 is 2.15 bits per heavy atom. The highest BCUT2D eigenvalue weighted by molar-refractivity contribution is 5.92. The predicted molar refractivity (Wildman–Crippen MR) is 128 cm³/mol. The Morgan fingerprint density at radius 1 is 1.00 bits per heavy atom. The zero-order valence-electron chi connectivity index (χ0n) is 18.6. The highest BCUT2D eigenvalue weighted by Crippen LogP contribution is 2.42. The number of rotatable bonds is 8. The number of aliphatic carboxylic acids is 1. The molecule has 170 valence electrons. The molecule has 0 aliphatic heterocycles. The van der Waals surface area contributed by atoms with Crippen molar-refractivity contribution >= 4 is 23.1 Å². The minimum atomic E-state index is -1.27. The molecule has 3 N–H and O–H groups in total. The molecule has 0 spiro atoms. The Bertz CT molecular complexity index is 1090. The van der Waals surface area contributed by atoms with Crippen LogP contribution in [0.5, 0.6) is 5.75 Å². The predicted octanol–water partition coefficient (Wildman–Crippen LogP) is 4.34. The summed E-state index contributed by atoms with van der Waals surface area (Å²) in [5.74, 6) is -0.693. The minimum absolute atomic E-state index is 0.109. The van der Waals surface area contributed by atoms with Crippen molar-refractivity contribution < 1.29 is 19.4 Å². The van der Waals surface area contributed by atoms with Crippen molar-refractivity contribution in [2.75, 3.05) is 11.5 Å².